The second-order valence-corrected chi connectivity index (χ2v) is 22.6. The van der Waals surface area contributed by atoms with Crippen LogP contribution in [-0.2, 0) is 11.0 Å². The lowest BCUT2D eigenvalue weighted by Gasteiger charge is -2.32. The molecule has 4 saturated heterocycles. The fraction of sp³-hybridized carbons (Fsp3) is 0.509. The lowest BCUT2D eigenvalue weighted by Crippen LogP contribution is -2.42. The quantitative estimate of drug-likeness (QED) is 0.0801. The van der Waals surface area contributed by atoms with Gasteiger partial charge in [0.25, 0.3) is 5.91 Å². The van der Waals surface area contributed by atoms with Crippen molar-refractivity contribution in [2.45, 2.75) is 117 Å². The molecular formula is C57H81N11O5S. The number of aryl methyl sites for hydroxylation is 5. The predicted molar refractivity (Wildman–Crippen MR) is 294 cm³/mol. The molecular weight excluding hydrogens is 951 g/mol. The van der Waals surface area contributed by atoms with Crippen LogP contribution in [0.3, 0.4) is 0 Å². The summed E-state index contributed by atoms with van der Waals surface area (Å²) in [5.41, 5.74) is 14.8. The number of ketones is 1. The van der Waals surface area contributed by atoms with E-state index >= 15 is 0 Å². The van der Waals surface area contributed by atoms with E-state index in [2.05, 4.69) is 56.5 Å². The Bertz CT molecular complexity index is 2490. The van der Waals surface area contributed by atoms with Gasteiger partial charge < -0.3 is 30.4 Å². The number of nitrogens with two attached hydrogens (primary N) is 1. The van der Waals surface area contributed by atoms with Gasteiger partial charge in [-0.1, -0.05) is 30.3 Å². The third kappa shape index (κ3) is 20.6. The van der Waals surface area contributed by atoms with Crippen LogP contribution >= 0.6 is 0 Å². The van der Waals surface area contributed by atoms with Gasteiger partial charge in [-0.3, -0.25) is 29.5 Å². The van der Waals surface area contributed by atoms with E-state index in [0.717, 1.165) is 98.7 Å². The van der Waals surface area contributed by atoms with Gasteiger partial charge in [-0.2, -0.15) is 0 Å². The van der Waals surface area contributed by atoms with Gasteiger partial charge in [-0.25, -0.2) is 18.7 Å². The number of Topliss-reactive ketones (excluding diaryl/α,β-unsaturated/α-hetero) is 1. The van der Waals surface area contributed by atoms with Crippen molar-refractivity contribution in [1.29, 1.82) is 0 Å². The number of pyridine rings is 5. The maximum absolute atomic E-state index is 12.4. The number of amides is 1. The first-order chi connectivity index (χ1) is 35.3. The van der Waals surface area contributed by atoms with Gasteiger partial charge in [0.05, 0.1) is 33.2 Å². The zero-order chi connectivity index (χ0) is 53.6. The van der Waals surface area contributed by atoms with E-state index in [4.69, 9.17) is 10.8 Å². The monoisotopic (exact) mass is 1030 g/mol. The normalized spacial score (nSPS) is 16.4. The molecule has 1 amide bonds. The summed E-state index contributed by atoms with van der Waals surface area (Å²) in [4.78, 5) is 63.3. The highest BCUT2D eigenvalue weighted by Gasteiger charge is 2.26. The van der Waals surface area contributed by atoms with E-state index in [1.54, 1.807) is 24.5 Å². The Morgan fingerprint density at radius 3 is 1.35 bits per heavy atom. The molecule has 0 saturated carbocycles. The third-order valence-electron chi connectivity index (χ3n) is 13.0. The van der Waals surface area contributed by atoms with Crippen LogP contribution in [-0.4, -0.2) is 148 Å². The molecule has 16 nitrogen and oxygen atoms in total. The fourth-order valence-electron chi connectivity index (χ4n) is 7.44. The number of carboxylic acids is 1. The Hall–Kier alpha value is -5.69. The minimum absolute atomic E-state index is 0.0475. The summed E-state index contributed by atoms with van der Waals surface area (Å²) in [6.07, 6.45) is 16.4. The summed E-state index contributed by atoms with van der Waals surface area (Å²) in [7, 11) is -1.08. The van der Waals surface area contributed by atoms with Crippen LogP contribution in [0.15, 0.2) is 91.6 Å². The fourth-order valence-corrected chi connectivity index (χ4v) is 8.30. The molecule has 17 heteroatoms. The van der Waals surface area contributed by atoms with Crippen LogP contribution in [0.2, 0.25) is 0 Å². The number of carbonyl (C=O) groups is 3. The second-order valence-electron chi connectivity index (χ2n) is 20.6. The Kier molecular flexibility index (Phi) is 24.0. The van der Waals surface area contributed by atoms with Crippen LogP contribution in [0.1, 0.15) is 148 Å². The number of aromatic nitrogens is 5. The number of nitrogens with zero attached hydrogens (tertiary/aromatic N) is 9. The van der Waals surface area contributed by atoms with Gasteiger partial charge in [0.15, 0.2) is 5.78 Å². The van der Waals surface area contributed by atoms with Crippen molar-refractivity contribution in [1.82, 2.24) is 49.2 Å². The molecule has 4 aliphatic heterocycles. The predicted octanol–water partition coefficient (Wildman–Crippen LogP) is 8.06. The minimum atomic E-state index is -1.08. The number of hydrogen-bond acceptors (Lipinski definition) is 13. The Morgan fingerprint density at radius 1 is 0.568 bits per heavy atom. The molecule has 9 heterocycles. The number of hydrogen-bond donors (Lipinski definition) is 3. The first kappa shape index (κ1) is 59.2. The lowest BCUT2D eigenvalue weighted by atomic mass is 10.1. The highest BCUT2D eigenvalue weighted by Crippen LogP contribution is 2.21. The van der Waals surface area contributed by atoms with Crippen molar-refractivity contribution < 1.29 is 23.7 Å². The number of carbonyl (C=O) groups excluding carboxylic acids is 2. The molecule has 3 atom stereocenters. The standard InChI is InChI=1S/C16H27N3OS.C12H19N3.C12H16N2O.C10H12N2O.C7H7NO2/c1-13-6-7-14(17-12-13)15(8-11-19-9-5-10-19)18-21(20)16(2,3)4;1-10-3-4-12(14-9-10)11(13)5-8-15-6-2-7-15;1-10-3-4-11(13-9-10)12(15)5-8-14-6-2-7-14;1-8-3-4-9(11-7-8)10(13)12-5-2-6-12;1-5-2-3-6(7(9)10)8-4-5/h6-7,12,15,18H,5,8-11H2,1-4H3;3-4,9,11H,2,5-8,13H2,1H3;3-4,9H,2,5-8H2,1H3;3-4,7H,2,5-6H2,1H3;2-4H,1H3,(H,9,10)/t15?,21-;;;;/m1..../s1. The highest BCUT2D eigenvalue weighted by molar-refractivity contribution is 7.84. The summed E-state index contributed by atoms with van der Waals surface area (Å²) in [5, 5.41) is 8.41. The summed E-state index contributed by atoms with van der Waals surface area (Å²) >= 11 is 0. The van der Waals surface area contributed by atoms with Crippen molar-refractivity contribution >= 4 is 28.6 Å². The maximum atomic E-state index is 12.4. The third-order valence-corrected chi connectivity index (χ3v) is 14.6. The number of nitrogens with one attached hydrogen (secondary N) is 1. The number of rotatable bonds is 16. The van der Waals surface area contributed by atoms with Crippen LogP contribution in [0.25, 0.3) is 0 Å². The zero-order valence-corrected chi connectivity index (χ0v) is 46.0. The van der Waals surface area contributed by atoms with Gasteiger partial charge in [-0.15, -0.1) is 0 Å². The smallest absolute Gasteiger partial charge is 0.354 e. The van der Waals surface area contributed by atoms with Crippen molar-refractivity contribution in [3.63, 3.8) is 0 Å². The molecule has 5 aromatic heterocycles. The molecule has 0 spiro atoms. The Labute approximate surface area is 442 Å². The number of aromatic carboxylic acids is 1. The molecule has 5 aromatic rings. The Morgan fingerprint density at radius 2 is 0.973 bits per heavy atom. The van der Waals surface area contributed by atoms with E-state index in [0.29, 0.717) is 17.8 Å². The van der Waals surface area contributed by atoms with Gasteiger partial charge in [0, 0.05) is 69.6 Å². The van der Waals surface area contributed by atoms with E-state index in [9.17, 15) is 18.6 Å². The molecule has 4 N–H and O–H groups in total. The van der Waals surface area contributed by atoms with Crippen LogP contribution < -0.4 is 10.5 Å². The van der Waals surface area contributed by atoms with Crippen molar-refractivity contribution in [2.24, 2.45) is 5.73 Å². The first-order valence-corrected chi connectivity index (χ1v) is 27.3. The van der Waals surface area contributed by atoms with Crippen LogP contribution in [0, 0.1) is 34.6 Å². The molecule has 0 aliphatic carbocycles. The molecule has 74 heavy (non-hydrogen) atoms. The number of likely N-dealkylation sites (tertiary alicyclic amines) is 4. The van der Waals surface area contributed by atoms with Gasteiger partial charge in [-0.05, 0) is 198 Å². The van der Waals surface area contributed by atoms with Gasteiger partial charge >= 0.3 is 5.97 Å². The van der Waals surface area contributed by atoms with E-state index in [-0.39, 0.29) is 34.2 Å². The molecule has 0 bridgehead atoms. The summed E-state index contributed by atoms with van der Waals surface area (Å²) in [6, 6.07) is 19.0. The van der Waals surface area contributed by atoms with Gasteiger partial charge in [0.1, 0.15) is 17.1 Å². The second kappa shape index (κ2) is 30.0. The topological polar surface area (TPSA) is 204 Å². The van der Waals surface area contributed by atoms with E-state index in [1.807, 2.05) is 103 Å². The zero-order valence-electron chi connectivity index (χ0n) is 45.1. The molecule has 0 aromatic carbocycles. The first-order valence-electron chi connectivity index (χ1n) is 26.1. The highest BCUT2D eigenvalue weighted by atomic mass is 32.2. The van der Waals surface area contributed by atoms with E-state index in [1.165, 1.54) is 63.3 Å². The molecule has 9 rings (SSSR count). The van der Waals surface area contributed by atoms with Crippen molar-refractivity contribution in [3.05, 3.63) is 148 Å². The lowest BCUT2D eigenvalue weighted by molar-refractivity contribution is 0.0644. The van der Waals surface area contributed by atoms with Crippen molar-refractivity contribution in [2.75, 3.05) is 72.0 Å². The summed E-state index contributed by atoms with van der Waals surface area (Å²) < 4.78 is 15.4. The van der Waals surface area contributed by atoms with Crippen LogP contribution in [0.5, 0.6) is 0 Å². The summed E-state index contributed by atoms with van der Waals surface area (Å²) in [5.74, 6) is -0.770. The largest absolute Gasteiger partial charge is 0.477 e. The summed E-state index contributed by atoms with van der Waals surface area (Å²) in [6.45, 7) is 27.8. The van der Waals surface area contributed by atoms with Gasteiger partial charge in [0.2, 0.25) is 0 Å². The Balaban J connectivity index is 0.000000175. The average molecular weight is 1030 g/mol. The van der Waals surface area contributed by atoms with Crippen LogP contribution in [0.4, 0.5) is 0 Å². The SMILES string of the molecule is Cc1ccc(C(=O)CCN2CCC2)nc1.Cc1ccc(C(=O)N2CCC2)nc1.Cc1ccc(C(=O)O)nc1.Cc1ccc(C(CCN2CCC2)N[S@](=O)C(C)(C)C)nc1.Cc1ccc(C(N)CCN2CCC2)nc1. The van der Waals surface area contributed by atoms with E-state index < -0.39 is 17.0 Å². The maximum Gasteiger partial charge on any atom is 0.354 e. The molecule has 4 fully saturated rings. The molecule has 0 radical (unpaired) electrons. The number of carboxylic acid groups (broad SMARTS) is 1. The average Bonchev–Trinajstić information content (AvgIpc) is 3.30. The molecule has 4 aliphatic rings. The van der Waals surface area contributed by atoms with Crippen molar-refractivity contribution in [3.8, 4) is 0 Å². The minimum Gasteiger partial charge on any atom is -0.477 e. The molecule has 2 unspecified atom stereocenters. The molecule has 400 valence electrons.